The summed E-state index contributed by atoms with van der Waals surface area (Å²) in [5.41, 5.74) is 4.58. The van der Waals surface area contributed by atoms with Crippen molar-refractivity contribution in [2.24, 2.45) is 0 Å². The molecule has 6 nitrogen and oxygen atoms in total. The van der Waals surface area contributed by atoms with Crippen LogP contribution in [0.15, 0.2) is 49.1 Å². The molecule has 0 atom stereocenters. The van der Waals surface area contributed by atoms with E-state index in [1.54, 1.807) is 17.1 Å². The van der Waals surface area contributed by atoms with E-state index in [-0.39, 0.29) is 19.0 Å². The molecule has 0 amide bonds. The van der Waals surface area contributed by atoms with Crippen molar-refractivity contribution in [3.63, 3.8) is 0 Å². The van der Waals surface area contributed by atoms with Crippen LogP contribution in [0, 0.1) is 0 Å². The molecule has 0 saturated heterocycles. The Morgan fingerprint density at radius 2 is 2.19 bits per heavy atom. The highest BCUT2D eigenvalue weighted by Gasteiger charge is 2.03. The lowest BCUT2D eigenvalue weighted by Gasteiger charge is -2.11. The van der Waals surface area contributed by atoms with Gasteiger partial charge in [0.25, 0.3) is 0 Å². The van der Waals surface area contributed by atoms with Crippen LogP contribution < -0.4 is 5.48 Å². The molecule has 1 aromatic heterocycles. The zero-order valence-corrected chi connectivity index (χ0v) is 11.7. The molecule has 1 aromatic carbocycles. The van der Waals surface area contributed by atoms with Crippen LogP contribution in [0.4, 0.5) is 0 Å². The molecule has 2 rings (SSSR count). The Bertz CT molecular complexity index is 579. The molecule has 0 unspecified atom stereocenters. The van der Waals surface area contributed by atoms with Crippen molar-refractivity contribution in [1.82, 2.24) is 15.0 Å². The van der Waals surface area contributed by atoms with Gasteiger partial charge in [0.2, 0.25) is 0 Å². The van der Waals surface area contributed by atoms with E-state index in [2.05, 4.69) is 15.2 Å². The van der Waals surface area contributed by atoms with Gasteiger partial charge in [0.05, 0.1) is 32.2 Å². The van der Waals surface area contributed by atoms with E-state index in [0.717, 1.165) is 11.3 Å². The molecule has 0 saturated carbocycles. The summed E-state index contributed by atoms with van der Waals surface area (Å²) < 4.78 is 6.36. The van der Waals surface area contributed by atoms with E-state index in [1.807, 2.05) is 42.7 Å². The number of hydroxylamine groups is 1. The molecule has 0 aliphatic rings. The zero-order valence-electron chi connectivity index (χ0n) is 11.7. The number of ether oxygens (including phenoxy) is 1. The monoisotopic (exact) mass is 287 g/mol. The summed E-state index contributed by atoms with van der Waals surface area (Å²) in [7, 11) is 1.35. The average molecular weight is 287 g/mol. The Balaban J connectivity index is 2.02. The second-order valence-electron chi connectivity index (χ2n) is 4.20. The van der Waals surface area contributed by atoms with Gasteiger partial charge in [-0.2, -0.15) is 0 Å². The summed E-state index contributed by atoms with van der Waals surface area (Å²) in [5.74, 6) is -0.309. The number of nitrogens with one attached hydrogen (secondary N) is 1. The second kappa shape index (κ2) is 7.86. The maximum Gasteiger partial charge on any atom is 0.307 e. The van der Waals surface area contributed by atoms with Crippen molar-refractivity contribution in [3.05, 3.63) is 54.6 Å². The summed E-state index contributed by atoms with van der Waals surface area (Å²) in [6.45, 7) is 0.223. The summed E-state index contributed by atoms with van der Waals surface area (Å²) in [6, 6.07) is 9.73. The molecule has 0 radical (unpaired) electrons. The molecule has 0 aliphatic carbocycles. The van der Waals surface area contributed by atoms with E-state index in [9.17, 15) is 4.79 Å². The maximum atomic E-state index is 11.0. The minimum absolute atomic E-state index is 0.191. The van der Waals surface area contributed by atoms with Gasteiger partial charge in [-0.05, 0) is 0 Å². The van der Waals surface area contributed by atoms with Crippen molar-refractivity contribution in [1.29, 1.82) is 0 Å². The molecular formula is C15H17N3O3. The summed E-state index contributed by atoms with van der Waals surface area (Å²) in [5, 5.41) is 0. The van der Waals surface area contributed by atoms with Gasteiger partial charge in [-0.25, -0.2) is 4.98 Å². The number of imidazole rings is 1. The Morgan fingerprint density at radius 3 is 2.86 bits per heavy atom. The van der Waals surface area contributed by atoms with Crippen molar-refractivity contribution in [2.45, 2.75) is 6.42 Å². The van der Waals surface area contributed by atoms with Gasteiger partial charge in [-0.3, -0.25) is 15.1 Å². The molecular weight excluding hydrogens is 270 g/mol. The third-order valence-electron chi connectivity index (χ3n) is 2.71. The van der Waals surface area contributed by atoms with Crippen molar-refractivity contribution < 1.29 is 14.4 Å². The molecule has 6 heteroatoms. The first-order valence-corrected chi connectivity index (χ1v) is 6.49. The fourth-order valence-electron chi connectivity index (χ4n) is 1.64. The number of carbonyl (C=O) groups excluding carboxylic acids is 1. The third-order valence-corrected chi connectivity index (χ3v) is 2.71. The molecule has 110 valence electrons. The van der Waals surface area contributed by atoms with Gasteiger partial charge >= 0.3 is 5.97 Å². The number of benzene rings is 1. The highest BCUT2D eigenvalue weighted by molar-refractivity contribution is 5.73. The number of nitrogens with zero attached hydrogens (tertiary/aromatic N) is 2. The molecule has 1 heterocycles. The van der Waals surface area contributed by atoms with Crippen LogP contribution in [0.2, 0.25) is 0 Å². The molecule has 21 heavy (non-hydrogen) atoms. The predicted molar refractivity (Wildman–Crippen MR) is 78.6 cm³/mol. The van der Waals surface area contributed by atoms with E-state index < -0.39 is 0 Å². The Kier molecular flexibility index (Phi) is 5.54. The first kappa shape index (κ1) is 14.8. The van der Waals surface area contributed by atoms with Gasteiger partial charge in [-0.1, -0.05) is 30.3 Å². The minimum atomic E-state index is -0.309. The summed E-state index contributed by atoms with van der Waals surface area (Å²) >= 11 is 0. The number of carbonyl (C=O) groups is 1. The summed E-state index contributed by atoms with van der Waals surface area (Å²) in [6.07, 6.45) is 7.23. The van der Waals surface area contributed by atoms with Crippen LogP contribution in [0.5, 0.6) is 0 Å². The number of rotatable bonds is 7. The quantitative estimate of drug-likeness (QED) is 0.479. The lowest BCUT2D eigenvalue weighted by Crippen LogP contribution is -2.16. The van der Waals surface area contributed by atoms with E-state index >= 15 is 0 Å². The van der Waals surface area contributed by atoms with Gasteiger partial charge in [0.1, 0.15) is 0 Å². The van der Waals surface area contributed by atoms with E-state index in [1.165, 1.54) is 7.11 Å². The Labute approximate surface area is 123 Å². The predicted octanol–water partition coefficient (Wildman–Crippen LogP) is 1.92. The topological polar surface area (TPSA) is 65.4 Å². The minimum Gasteiger partial charge on any atom is -0.469 e. The highest BCUT2D eigenvalue weighted by atomic mass is 16.6. The van der Waals surface area contributed by atoms with Gasteiger partial charge in [-0.15, -0.1) is 0 Å². The lowest BCUT2D eigenvalue weighted by atomic mass is 10.2. The normalized spacial score (nSPS) is 11.2. The maximum absolute atomic E-state index is 11.0. The summed E-state index contributed by atoms with van der Waals surface area (Å²) in [4.78, 5) is 20.3. The Hall–Kier alpha value is -2.60. The van der Waals surface area contributed by atoms with Gasteiger partial charge < -0.3 is 9.30 Å². The number of hydrogen-bond acceptors (Lipinski definition) is 5. The van der Waals surface area contributed by atoms with Crippen LogP contribution in [-0.4, -0.2) is 29.2 Å². The number of aromatic nitrogens is 2. The largest absolute Gasteiger partial charge is 0.469 e. The molecule has 2 aromatic rings. The molecule has 0 spiro atoms. The van der Waals surface area contributed by atoms with Gasteiger partial charge in [0.15, 0.2) is 0 Å². The zero-order chi connectivity index (χ0) is 14.9. The van der Waals surface area contributed by atoms with Crippen LogP contribution in [-0.2, 0) is 14.4 Å². The first-order chi connectivity index (χ1) is 10.3. The number of methoxy groups -OCH3 is 1. The second-order valence-corrected chi connectivity index (χ2v) is 4.20. The SMILES string of the molecule is COC(=O)CCONC(=Cn1ccnc1)c1ccccc1. The van der Waals surface area contributed by atoms with Crippen molar-refractivity contribution in [2.75, 3.05) is 13.7 Å². The van der Waals surface area contributed by atoms with Crippen LogP contribution in [0.1, 0.15) is 12.0 Å². The van der Waals surface area contributed by atoms with Crippen molar-refractivity contribution in [3.8, 4) is 0 Å². The highest BCUT2D eigenvalue weighted by Crippen LogP contribution is 2.12. The Morgan fingerprint density at radius 1 is 1.38 bits per heavy atom. The smallest absolute Gasteiger partial charge is 0.307 e. The van der Waals surface area contributed by atoms with E-state index in [4.69, 9.17) is 4.84 Å². The first-order valence-electron chi connectivity index (χ1n) is 6.49. The fraction of sp³-hybridized carbons (Fsp3) is 0.200. The van der Waals surface area contributed by atoms with Crippen LogP contribution in [0.3, 0.4) is 0 Å². The van der Waals surface area contributed by atoms with E-state index in [0.29, 0.717) is 0 Å². The molecule has 0 aliphatic heterocycles. The van der Waals surface area contributed by atoms with Crippen LogP contribution >= 0.6 is 0 Å². The van der Waals surface area contributed by atoms with Crippen LogP contribution in [0.25, 0.3) is 11.9 Å². The molecule has 1 N–H and O–H groups in total. The molecule has 0 fully saturated rings. The lowest BCUT2D eigenvalue weighted by molar-refractivity contribution is -0.142. The average Bonchev–Trinajstić information content (AvgIpc) is 3.04. The van der Waals surface area contributed by atoms with Crippen molar-refractivity contribution >= 4 is 17.9 Å². The molecule has 0 bridgehead atoms. The standard InChI is InChI=1S/C15H17N3O3/c1-20-15(19)7-10-21-17-14(11-18-9-8-16-12-18)13-5-3-2-4-6-13/h2-6,8-9,11-12,17H,7,10H2,1H3. The third kappa shape index (κ3) is 4.77. The fourth-order valence-corrected chi connectivity index (χ4v) is 1.64. The number of hydrogen-bond donors (Lipinski definition) is 1. The van der Waals surface area contributed by atoms with Gasteiger partial charge in [0, 0.05) is 24.2 Å². The number of esters is 1.